The third-order valence-corrected chi connectivity index (χ3v) is 3.17. The number of imide groups is 1. The van der Waals surface area contributed by atoms with Gasteiger partial charge in [0.05, 0.1) is 11.1 Å². The van der Waals surface area contributed by atoms with Crippen LogP contribution >= 0.6 is 0 Å². The van der Waals surface area contributed by atoms with Crippen molar-refractivity contribution in [1.29, 1.82) is 0 Å². The lowest BCUT2D eigenvalue weighted by molar-refractivity contribution is -0.122. The minimum absolute atomic E-state index is 0.265. The Morgan fingerprint density at radius 2 is 1.70 bits per heavy atom. The highest BCUT2D eigenvalue weighted by Crippen LogP contribution is 2.21. The molecule has 1 aromatic carbocycles. The lowest BCUT2D eigenvalue weighted by Crippen LogP contribution is -2.52. The molecule has 1 aliphatic heterocycles. The van der Waals surface area contributed by atoms with Crippen LogP contribution in [-0.4, -0.2) is 41.2 Å². The average molecular weight is 275 g/mol. The Labute approximate surface area is 116 Å². The number of rotatable bonds is 4. The fourth-order valence-corrected chi connectivity index (χ4v) is 1.99. The number of nitrogens with two attached hydrogens (primary N) is 1. The van der Waals surface area contributed by atoms with E-state index in [4.69, 9.17) is 5.73 Å². The molecule has 1 aromatic rings. The van der Waals surface area contributed by atoms with Crippen molar-refractivity contribution in [2.24, 2.45) is 5.73 Å². The number of fused-ring (bicyclic) bond motifs is 1. The third kappa shape index (κ3) is 2.55. The zero-order valence-electron chi connectivity index (χ0n) is 11.5. The van der Waals surface area contributed by atoms with Crippen LogP contribution in [0.3, 0.4) is 0 Å². The molecule has 3 N–H and O–H groups in total. The molecule has 0 spiro atoms. The molecule has 1 heterocycles. The van der Waals surface area contributed by atoms with E-state index in [1.165, 1.54) is 0 Å². The fourth-order valence-electron chi connectivity index (χ4n) is 1.99. The van der Waals surface area contributed by atoms with Crippen molar-refractivity contribution < 1.29 is 14.4 Å². The Hall–Kier alpha value is -2.21. The maximum atomic E-state index is 12.1. The first kappa shape index (κ1) is 14.2. The van der Waals surface area contributed by atoms with Crippen LogP contribution in [0.4, 0.5) is 0 Å². The van der Waals surface area contributed by atoms with Gasteiger partial charge < -0.3 is 11.1 Å². The highest BCUT2D eigenvalue weighted by Gasteiger charge is 2.36. The van der Waals surface area contributed by atoms with Crippen LogP contribution in [0.1, 0.15) is 34.6 Å². The Balaban J connectivity index is 2.11. The molecular formula is C14H17N3O3. The first-order valence-corrected chi connectivity index (χ1v) is 6.32. The maximum absolute atomic E-state index is 12.1. The van der Waals surface area contributed by atoms with Gasteiger partial charge in [-0.2, -0.15) is 0 Å². The number of hydrogen-bond donors (Lipinski definition) is 2. The first-order valence-electron chi connectivity index (χ1n) is 6.32. The summed E-state index contributed by atoms with van der Waals surface area (Å²) in [6.07, 6.45) is 0. The summed E-state index contributed by atoms with van der Waals surface area (Å²) in [5.41, 5.74) is 5.62. The number of amides is 3. The number of nitrogens with one attached hydrogen (secondary N) is 1. The molecule has 20 heavy (non-hydrogen) atoms. The quantitative estimate of drug-likeness (QED) is 0.764. The predicted octanol–water partition coefficient (Wildman–Crippen LogP) is 0.136. The van der Waals surface area contributed by atoms with Crippen molar-refractivity contribution in [3.05, 3.63) is 35.4 Å². The largest absolute Gasteiger partial charge is 0.348 e. The van der Waals surface area contributed by atoms with Gasteiger partial charge in [-0.3, -0.25) is 19.3 Å². The van der Waals surface area contributed by atoms with E-state index < -0.39 is 23.3 Å². The van der Waals surface area contributed by atoms with Crippen molar-refractivity contribution >= 4 is 17.7 Å². The van der Waals surface area contributed by atoms with E-state index in [9.17, 15) is 14.4 Å². The summed E-state index contributed by atoms with van der Waals surface area (Å²) in [6.45, 7) is 3.51. The van der Waals surface area contributed by atoms with Crippen LogP contribution in [0.25, 0.3) is 0 Å². The lowest BCUT2D eigenvalue weighted by Gasteiger charge is -2.25. The number of benzene rings is 1. The molecule has 0 unspecified atom stereocenters. The third-order valence-electron chi connectivity index (χ3n) is 3.17. The molecule has 106 valence electrons. The summed E-state index contributed by atoms with van der Waals surface area (Å²) in [5, 5.41) is 2.69. The summed E-state index contributed by atoms with van der Waals surface area (Å²) >= 11 is 0. The molecule has 0 aromatic heterocycles. The second kappa shape index (κ2) is 5.05. The summed E-state index contributed by atoms with van der Waals surface area (Å²) in [5.74, 6) is -1.28. The van der Waals surface area contributed by atoms with E-state index in [1.54, 1.807) is 38.1 Å². The fraction of sp³-hybridized carbons (Fsp3) is 0.357. The Morgan fingerprint density at radius 1 is 1.20 bits per heavy atom. The van der Waals surface area contributed by atoms with Gasteiger partial charge >= 0.3 is 0 Å². The van der Waals surface area contributed by atoms with Crippen LogP contribution in [0.5, 0.6) is 0 Å². The molecular weight excluding hydrogens is 258 g/mol. The van der Waals surface area contributed by atoms with Gasteiger partial charge in [0.15, 0.2) is 0 Å². The van der Waals surface area contributed by atoms with Gasteiger partial charge in [-0.15, -0.1) is 0 Å². The molecule has 1 aliphatic rings. The Kier molecular flexibility index (Phi) is 3.59. The molecule has 0 saturated carbocycles. The maximum Gasteiger partial charge on any atom is 0.262 e. The zero-order chi connectivity index (χ0) is 14.9. The molecule has 6 heteroatoms. The van der Waals surface area contributed by atoms with Crippen molar-refractivity contribution in [3.8, 4) is 0 Å². The topological polar surface area (TPSA) is 92.5 Å². The Bertz CT molecular complexity index is 546. The molecule has 2 rings (SSSR count). The van der Waals surface area contributed by atoms with Gasteiger partial charge in [0, 0.05) is 12.1 Å². The standard InChI is InChI=1S/C14H17N3O3/c1-14(2,8-15)16-11(18)7-17-12(19)9-5-3-4-6-10(9)13(17)20/h3-6H,7-8,15H2,1-2H3,(H,16,18). The predicted molar refractivity (Wildman–Crippen MR) is 73.1 cm³/mol. The number of carbonyl (C=O) groups excluding carboxylic acids is 3. The minimum atomic E-state index is -0.574. The summed E-state index contributed by atoms with van der Waals surface area (Å²) in [6, 6.07) is 6.53. The van der Waals surface area contributed by atoms with Crippen LogP contribution < -0.4 is 11.1 Å². The van der Waals surface area contributed by atoms with Crippen molar-refractivity contribution in [3.63, 3.8) is 0 Å². The van der Waals surface area contributed by atoms with Gasteiger partial charge in [-0.25, -0.2) is 0 Å². The molecule has 3 amide bonds. The summed E-state index contributed by atoms with van der Waals surface area (Å²) < 4.78 is 0. The van der Waals surface area contributed by atoms with Gasteiger partial charge in [-0.1, -0.05) is 12.1 Å². The molecule has 6 nitrogen and oxygen atoms in total. The first-order chi connectivity index (χ1) is 9.35. The zero-order valence-corrected chi connectivity index (χ0v) is 11.5. The van der Waals surface area contributed by atoms with E-state index in [2.05, 4.69) is 5.32 Å². The number of nitrogens with zero attached hydrogens (tertiary/aromatic N) is 1. The van der Waals surface area contributed by atoms with E-state index in [1.807, 2.05) is 0 Å². The molecule has 0 fully saturated rings. The Morgan fingerprint density at radius 3 is 2.15 bits per heavy atom. The van der Waals surface area contributed by atoms with Crippen LogP contribution in [0.2, 0.25) is 0 Å². The highest BCUT2D eigenvalue weighted by molar-refractivity contribution is 6.22. The van der Waals surface area contributed by atoms with Crippen molar-refractivity contribution in [2.45, 2.75) is 19.4 Å². The normalized spacial score (nSPS) is 14.4. The lowest BCUT2D eigenvalue weighted by atomic mass is 10.1. The van der Waals surface area contributed by atoms with Crippen molar-refractivity contribution in [1.82, 2.24) is 10.2 Å². The van der Waals surface area contributed by atoms with Gasteiger partial charge in [0.2, 0.25) is 5.91 Å². The second-order valence-corrected chi connectivity index (χ2v) is 5.38. The number of carbonyl (C=O) groups is 3. The molecule has 0 bridgehead atoms. The van der Waals surface area contributed by atoms with E-state index in [0.717, 1.165) is 4.90 Å². The van der Waals surface area contributed by atoms with E-state index in [-0.39, 0.29) is 13.1 Å². The average Bonchev–Trinajstić information content (AvgIpc) is 2.64. The summed E-state index contributed by atoms with van der Waals surface area (Å²) in [7, 11) is 0. The van der Waals surface area contributed by atoms with Crippen molar-refractivity contribution in [2.75, 3.05) is 13.1 Å². The second-order valence-electron chi connectivity index (χ2n) is 5.38. The van der Waals surface area contributed by atoms with Gasteiger partial charge in [-0.05, 0) is 26.0 Å². The summed E-state index contributed by atoms with van der Waals surface area (Å²) in [4.78, 5) is 37.0. The van der Waals surface area contributed by atoms with Crippen LogP contribution in [-0.2, 0) is 4.79 Å². The molecule has 0 radical (unpaired) electrons. The van der Waals surface area contributed by atoms with Gasteiger partial charge in [0.1, 0.15) is 6.54 Å². The molecule has 0 atom stereocenters. The van der Waals surface area contributed by atoms with Crippen LogP contribution in [0, 0.1) is 0 Å². The number of hydrogen-bond acceptors (Lipinski definition) is 4. The minimum Gasteiger partial charge on any atom is -0.348 e. The van der Waals surface area contributed by atoms with E-state index >= 15 is 0 Å². The van der Waals surface area contributed by atoms with Gasteiger partial charge in [0.25, 0.3) is 11.8 Å². The SMILES string of the molecule is CC(C)(CN)NC(=O)CN1C(=O)c2ccccc2C1=O. The monoisotopic (exact) mass is 275 g/mol. The van der Waals surface area contributed by atoms with Crippen LogP contribution in [0.15, 0.2) is 24.3 Å². The highest BCUT2D eigenvalue weighted by atomic mass is 16.2. The smallest absolute Gasteiger partial charge is 0.262 e. The van der Waals surface area contributed by atoms with E-state index in [0.29, 0.717) is 11.1 Å². The molecule has 0 saturated heterocycles. The molecule has 0 aliphatic carbocycles.